The van der Waals surface area contributed by atoms with E-state index >= 15 is 0 Å². The second-order valence-corrected chi connectivity index (χ2v) is 5.02. The lowest BCUT2D eigenvalue weighted by atomic mass is 10.1. The minimum absolute atomic E-state index is 0.117. The van der Waals surface area contributed by atoms with Crippen LogP contribution in [-0.4, -0.2) is 22.1 Å². The Kier molecular flexibility index (Phi) is 4.72. The summed E-state index contributed by atoms with van der Waals surface area (Å²) in [5.41, 5.74) is 1.04. The zero-order valence-electron chi connectivity index (χ0n) is 10.8. The Balaban J connectivity index is 1.96. The fourth-order valence-electron chi connectivity index (χ4n) is 1.69. The molecule has 1 atom stereocenters. The van der Waals surface area contributed by atoms with Crippen molar-refractivity contribution in [3.05, 3.63) is 56.6 Å². The molecule has 0 fully saturated rings. The van der Waals surface area contributed by atoms with Crippen LogP contribution in [0.25, 0.3) is 0 Å². The highest BCUT2D eigenvalue weighted by molar-refractivity contribution is 7.07. The van der Waals surface area contributed by atoms with Crippen LogP contribution < -0.4 is 15.5 Å². The first-order valence-corrected chi connectivity index (χ1v) is 6.93. The van der Waals surface area contributed by atoms with Crippen LogP contribution in [0.4, 0.5) is 4.79 Å². The second-order valence-electron chi connectivity index (χ2n) is 4.18. The molecular formula is C13H13N3O4S. The van der Waals surface area contributed by atoms with Crippen molar-refractivity contribution in [3.63, 3.8) is 0 Å². The number of nitrogens with one attached hydrogen (secondary N) is 3. The average Bonchev–Trinajstić information content (AvgIpc) is 2.89. The lowest BCUT2D eigenvalue weighted by Crippen LogP contribution is -2.40. The molecule has 4 N–H and O–H groups in total. The Labute approximate surface area is 123 Å². The molecular weight excluding hydrogens is 294 g/mol. The standard InChI is InChI=1S/C13H13N3O4S/c17-11(18)10(8-4-2-1-3-5-8)16-12(19)14-6-9-7-21-13(20)15-9/h1-5,7,10H,6H2,(H,15,20)(H,17,18)(H2,14,16,19). The molecule has 0 aliphatic carbocycles. The predicted octanol–water partition coefficient (Wildman–Crippen LogP) is 1.06. The maximum Gasteiger partial charge on any atom is 0.330 e. The highest BCUT2D eigenvalue weighted by Crippen LogP contribution is 2.12. The van der Waals surface area contributed by atoms with Crippen LogP contribution in [0.3, 0.4) is 0 Å². The Hall–Kier alpha value is -2.61. The first-order valence-electron chi connectivity index (χ1n) is 6.05. The third-order valence-corrected chi connectivity index (χ3v) is 3.38. The third-order valence-electron chi connectivity index (χ3n) is 2.67. The van der Waals surface area contributed by atoms with Crippen molar-refractivity contribution in [2.75, 3.05) is 0 Å². The Morgan fingerprint density at radius 2 is 2.00 bits per heavy atom. The van der Waals surface area contributed by atoms with Gasteiger partial charge in [-0.1, -0.05) is 41.7 Å². The summed E-state index contributed by atoms with van der Waals surface area (Å²) in [6.45, 7) is 0.117. The van der Waals surface area contributed by atoms with Crippen LogP contribution in [0.15, 0.2) is 40.5 Å². The van der Waals surface area contributed by atoms with Gasteiger partial charge in [-0.3, -0.25) is 4.79 Å². The lowest BCUT2D eigenvalue weighted by Gasteiger charge is -2.15. The van der Waals surface area contributed by atoms with E-state index in [-0.39, 0.29) is 11.4 Å². The van der Waals surface area contributed by atoms with Gasteiger partial charge in [-0.05, 0) is 5.56 Å². The maximum atomic E-state index is 11.7. The molecule has 1 aromatic heterocycles. The van der Waals surface area contributed by atoms with Crippen molar-refractivity contribution in [2.24, 2.45) is 0 Å². The van der Waals surface area contributed by atoms with E-state index < -0.39 is 18.0 Å². The number of carboxylic acid groups (broad SMARTS) is 1. The maximum absolute atomic E-state index is 11.7. The molecule has 0 spiro atoms. The Bertz CT molecular complexity index is 680. The zero-order valence-corrected chi connectivity index (χ0v) is 11.6. The number of H-pyrrole nitrogens is 1. The summed E-state index contributed by atoms with van der Waals surface area (Å²) in [6.07, 6.45) is 0. The number of thiazole rings is 1. The van der Waals surface area contributed by atoms with E-state index in [9.17, 15) is 19.5 Å². The third kappa shape index (κ3) is 4.18. The number of urea groups is 1. The summed E-state index contributed by atoms with van der Waals surface area (Å²) in [5, 5.41) is 15.6. The van der Waals surface area contributed by atoms with Crippen molar-refractivity contribution in [2.45, 2.75) is 12.6 Å². The minimum atomic E-state index is -1.15. The largest absolute Gasteiger partial charge is 0.479 e. The van der Waals surface area contributed by atoms with Gasteiger partial charge in [0, 0.05) is 11.1 Å². The quantitative estimate of drug-likeness (QED) is 0.662. The number of benzene rings is 1. The van der Waals surface area contributed by atoms with E-state index in [0.29, 0.717) is 11.3 Å². The first kappa shape index (κ1) is 14.8. The number of amides is 2. The van der Waals surface area contributed by atoms with Gasteiger partial charge in [-0.2, -0.15) is 0 Å². The number of rotatable bonds is 5. The molecule has 110 valence electrons. The van der Waals surface area contributed by atoms with Crippen LogP contribution in [0.1, 0.15) is 17.3 Å². The summed E-state index contributed by atoms with van der Waals surface area (Å²) in [5.74, 6) is -1.15. The number of hydrogen-bond acceptors (Lipinski definition) is 4. The van der Waals surface area contributed by atoms with Crippen molar-refractivity contribution < 1.29 is 14.7 Å². The van der Waals surface area contributed by atoms with E-state index in [1.807, 2.05) is 0 Å². The lowest BCUT2D eigenvalue weighted by molar-refractivity contribution is -0.139. The van der Waals surface area contributed by atoms with E-state index in [4.69, 9.17) is 0 Å². The van der Waals surface area contributed by atoms with Crippen LogP contribution in [0, 0.1) is 0 Å². The van der Waals surface area contributed by atoms with Gasteiger partial charge in [0.05, 0.1) is 6.54 Å². The van der Waals surface area contributed by atoms with Crippen molar-refractivity contribution in [1.82, 2.24) is 15.6 Å². The Morgan fingerprint density at radius 1 is 1.29 bits per heavy atom. The fourth-order valence-corrected chi connectivity index (χ4v) is 2.27. The molecule has 1 aromatic carbocycles. The number of aliphatic carboxylic acids is 1. The van der Waals surface area contributed by atoms with Gasteiger partial charge in [0.2, 0.25) is 0 Å². The molecule has 2 aromatic rings. The molecule has 2 amide bonds. The van der Waals surface area contributed by atoms with Crippen LogP contribution in [0.5, 0.6) is 0 Å². The Morgan fingerprint density at radius 3 is 2.57 bits per heavy atom. The van der Waals surface area contributed by atoms with Gasteiger partial charge in [0.25, 0.3) is 0 Å². The zero-order chi connectivity index (χ0) is 15.2. The van der Waals surface area contributed by atoms with Gasteiger partial charge >= 0.3 is 16.9 Å². The van der Waals surface area contributed by atoms with E-state index in [1.54, 1.807) is 35.7 Å². The van der Waals surface area contributed by atoms with E-state index in [0.717, 1.165) is 11.3 Å². The number of aromatic nitrogens is 1. The molecule has 1 heterocycles. The monoisotopic (exact) mass is 307 g/mol. The van der Waals surface area contributed by atoms with Gasteiger partial charge < -0.3 is 20.7 Å². The molecule has 2 rings (SSSR count). The van der Waals surface area contributed by atoms with Crippen LogP contribution in [-0.2, 0) is 11.3 Å². The molecule has 0 aliphatic heterocycles. The summed E-state index contributed by atoms with van der Waals surface area (Å²) < 4.78 is 0. The van der Waals surface area contributed by atoms with Crippen molar-refractivity contribution >= 4 is 23.3 Å². The second kappa shape index (κ2) is 6.71. The summed E-state index contributed by atoms with van der Waals surface area (Å²) >= 11 is 0.995. The van der Waals surface area contributed by atoms with Crippen molar-refractivity contribution in [1.29, 1.82) is 0 Å². The summed E-state index contributed by atoms with van der Waals surface area (Å²) in [7, 11) is 0. The number of carbonyl (C=O) groups is 2. The number of carbonyl (C=O) groups excluding carboxylic acids is 1. The van der Waals surface area contributed by atoms with Crippen LogP contribution in [0.2, 0.25) is 0 Å². The molecule has 21 heavy (non-hydrogen) atoms. The fraction of sp³-hybridized carbons (Fsp3) is 0.154. The molecule has 0 saturated heterocycles. The summed E-state index contributed by atoms with van der Waals surface area (Å²) in [4.78, 5) is 36.2. The smallest absolute Gasteiger partial charge is 0.330 e. The highest BCUT2D eigenvalue weighted by atomic mass is 32.1. The molecule has 1 unspecified atom stereocenters. The van der Waals surface area contributed by atoms with Gasteiger partial charge in [0.1, 0.15) is 0 Å². The molecule has 7 nitrogen and oxygen atoms in total. The van der Waals surface area contributed by atoms with Gasteiger partial charge in [-0.15, -0.1) is 0 Å². The van der Waals surface area contributed by atoms with Crippen molar-refractivity contribution in [3.8, 4) is 0 Å². The average molecular weight is 307 g/mol. The molecule has 0 bridgehead atoms. The first-order chi connectivity index (χ1) is 10.1. The SMILES string of the molecule is O=C(NCc1csc(=O)[nH]1)NC(C(=O)O)c1ccccc1. The highest BCUT2D eigenvalue weighted by Gasteiger charge is 2.21. The topological polar surface area (TPSA) is 111 Å². The van der Waals surface area contributed by atoms with Crippen LogP contribution >= 0.6 is 11.3 Å². The minimum Gasteiger partial charge on any atom is -0.479 e. The van der Waals surface area contributed by atoms with E-state index in [1.165, 1.54) is 0 Å². The number of carboxylic acids is 1. The number of aromatic amines is 1. The van der Waals surface area contributed by atoms with E-state index in [2.05, 4.69) is 15.6 Å². The molecule has 8 heteroatoms. The summed E-state index contributed by atoms with van der Waals surface area (Å²) in [6, 6.07) is 6.63. The molecule has 0 aliphatic rings. The molecule has 0 saturated carbocycles. The van der Waals surface area contributed by atoms with Gasteiger partial charge in [0.15, 0.2) is 6.04 Å². The predicted molar refractivity (Wildman–Crippen MR) is 77.1 cm³/mol. The van der Waals surface area contributed by atoms with Gasteiger partial charge in [-0.25, -0.2) is 9.59 Å². The number of hydrogen-bond donors (Lipinski definition) is 4. The molecule has 0 radical (unpaired) electrons. The normalized spacial score (nSPS) is 11.6.